The Morgan fingerprint density at radius 2 is 1.43 bits per heavy atom. The first kappa shape index (κ1) is 19.3. The number of methoxy groups -OCH3 is 2. The molecule has 28 heavy (non-hydrogen) atoms. The van der Waals surface area contributed by atoms with Gasteiger partial charge < -0.3 is 24.8 Å². The zero-order valence-electron chi connectivity index (χ0n) is 16.0. The molecule has 2 N–H and O–H groups in total. The second kappa shape index (κ2) is 10.0. The summed E-state index contributed by atoms with van der Waals surface area (Å²) in [6.07, 6.45) is 1.72. The van der Waals surface area contributed by atoms with Crippen LogP contribution in [0.15, 0.2) is 60.8 Å². The van der Waals surface area contributed by atoms with Crippen LogP contribution in [0.3, 0.4) is 0 Å². The fraction of sp³-hybridized carbons (Fsp3) is 0.238. The molecule has 0 fully saturated rings. The first-order chi connectivity index (χ1) is 13.8. The summed E-state index contributed by atoms with van der Waals surface area (Å²) in [6.45, 7) is 1.76. The lowest BCUT2D eigenvalue weighted by atomic mass is 10.2. The number of rotatable bonds is 10. The van der Waals surface area contributed by atoms with Gasteiger partial charge in [-0.05, 0) is 48.0 Å². The van der Waals surface area contributed by atoms with E-state index in [0.29, 0.717) is 25.6 Å². The van der Waals surface area contributed by atoms with Crippen LogP contribution in [-0.2, 0) is 6.54 Å². The molecular formula is C21H24N4O3. The van der Waals surface area contributed by atoms with E-state index in [2.05, 4.69) is 20.6 Å². The molecular weight excluding hydrogens is 356 g/mol. The summed E-state index contributed by atoms with van der Waals surface area (Å²) in [5.74, 6) is 3.74. The standard InChI is InChI=1S/C21H24N4O3/c1-26-17-5-3-16(4-6-17)15-24-20-11-12-22-21(25-20)23-13-14-28-19-9-7-18(27-2)8-10-19/h3-12H,13-15H2,1-2H3,(H2,22,23,24,25). The summed E-state index contributed by atoms with van der Waals surface area (Å²) in [6, 6.07) is 17.2. The van der Waals surface area contributed by atoms with E-state index in [1.807, 2.05) is 54.6 Å². The molecule has 3 aromatic rings. The van der Waals surface area contributed by atoms with Gasteiger partial charge in [0.2, 0.25) is 5.95 Å². The van der Waals surface area contributed by atoms with Crippen molar-refractivity contribution in [1.29, 1.82) is 0 Å². The van der Waals surface area contributed by atoms with Crippen molar-refractivity contribution in [2.45, 2.75) is 6.54 Å². The van der Waals surface area contributed by atoms with Crippen molar-refractivity contribution in [3.63, 3.8) is 0 Å². The van der Waals surface area contributed by atoms with Gasteiger partial charge in [0.25, 0.3) is 0 Å². The maximum Gasteiger partial charge on any atom is 0.224 e. The van der Waals surface area contributed by atoms with Crippen LogP contribution in [0.2, 0.25) is 0 Å². The van der Waals surface area contributed by atoms with Crippen molar-refractivity contribution < 1.29 is 14.2 Å². The van der Waals surface area contributed by atoms with Crippen LogP contribution in [0.4, 0.5) is 11.8 Å². The Hall–Kier alpha value is -3.48. The minimum Gasteiger partial charge on any atom is -0.497 e. The monoisotopic (exact) mass is 380 g/mol. The van der Waals surface area contributed by atoms with Gasteiger partial charge in [0.15, 0.2) is 0 Å². The quantitative estimate of drug-likeness (QED) is 0.520. The number of nitrogens with one attached hydrogen (secondary N) is 2. The molecule has 146 valence electrons. The molecule has 2 aromatic carbocycles. The first-order valence-corrected chi connectivity index (χ1v) is 8.97. The normalized spacial score (nSPS) is 10.2. The molecule has 7 heteroatoms. The minimum absolute atomic E-state index is 0.499. The number of benzene rings is 2. The Morgan fingerprint density at radius 3 is 2.11 bits per heavy atom. The molecule has 0 bridgehead atoms. The molecule has 0 unspecified atom stereocenters. The Kier molecular flexibility index (Phi) is 6.89. The number of ether oxygens (including phenoxy) is 3. The predicted octanol–water partition coefficient (Wildman–Crippen LogP) is 3.60. The third-order valence-electron chi connectivity index (χ3n) is 4.00. The van der Waals surface area contributed by atoms with Crippen LogP contribution < -0.4 is 24.8 Å². The van der Waals surface area contributed by atoms with Crippen LogP contribution in [0.25, 0.3) is 0 Å². The van der Waals surface area contributed by atoms with Gasteiger partial charge in [0.05, 0.1) is 20.8 Å². The average Bonchev–Trinajstić information content (AvgIpc) is 2.76. The Bertz CT molecular complexity index is 854. The maximum absolute atomic E-state index is 5.68. The van der Waals surface area contributed by atoms with Gasteiger partial charge >= 0.3 is 0 Å². The lowest BCUT2D eigenvalue weighted by molar-refractivity contribution is 0.331. The van der Waals surface area contributed by atoms with E-state index in [0.717, 1.165) is 28.6 Å². The van der Waals surface area contributed by atoms with Crippen LogP contribution in [0.1, 0.15) is 5.56 Å². The number of hydrogen-bond acceptors (Lipinski definition) is 7. The highest BCUT2D eigenvalue weighted by molar-refractivity contribution is 5.40. The molecule has 0 saturated carbocycles. The highest BCUT2D eigenvalue weighted by Crippen LogP contribution is 2.17. The second-order valence-electron chi connectivity index (χ2n) is 5.92. The summed E-state index contributed by atoms with van der Waals surface area (Å²) in [5.41, 5.74) is 1.14. The highest BCUT2D eigenvalue weighted by atomic mass is 16.5. The maximum atomic E-state index is 5.68. The molecule has 7 nitrogen and oxygen atoms in total. The Balaban J connectivity index is 1.43. The van der Waals surface area contributed by atoms with E-state index < -0.39 is 0 Å². The smallest absolute Gasteiger partial charge is 0.224 e. The Labute approximate surface area is 164 Å². The molecule has 0 atom stereocenters. The zero-order chi connectivity index (χ0) is 19.6. The van der Waals surface area contributed by atoms with Gasteiger partial charge in [-0.2, -0.15) is 4.98 Å². The third kappa shape index (κ3) is 5.77. The molecule has 0 amide bonds. The van der Waals surface area contributed by atoms with Gasteiger partial charge in [0.1, 0.15) is 29.7 Å². The lowest BCUT2D eigenvalue weighted by Gasteiger charge is -2.10. The molecule has 3 rings (SSSR count). The Morgan fingerprint density at radius 1 is 0.786 bits per heavy atom. The summed E-state index contributed by atoms with van der Waals surface area (Å²) < 4.78 is 16.0. The number of aromatic nitrogens is 2. The zero-order valence-corrected chi connectivity index (χ0v) is 16.0. The minimum atomic E-state index is 0.499. The van der Waals surface area contributed by atoms with E-state index >= 15 is 0 Å². The first-order valence-electron chi connectivity index (χ1n) is 8.97. The van der Waals surface area contributed by atoms with E-state index in [9.17, 15) is 0 Å². The van der Waals surface area contributed by atoms with Crippen LogP contribution >= 0.6 is 0 Å². The van der Waals surface area contributed by atoms with Crippen molar-refractivity contribution in [3.05, 3.63) is 66.4 Å². The summed E-state index contributed by atoms with van der Waals surface area (Å²) >= 11 is 0. The van der Waals surface area contributed by atoms with E-state index in [1.54, 1.807) is 20.4 Å². The van der Waals surface area contributed by atoms with Crippen molar-refractivity contribution >= 4 is 11.8 Å². The molecule has 0 aliphatic rings. The second-order valence-corrected chi connectivity index (χ2v) is 5.92. The number of hydrogen-bond donors (Lipinski definition) is 2. The number of nitrogens with zero attached hydrogens (tertiary/aromatic N) is 2. The molecule has 0 spiro atoms. The molecule has 0 saturated heterocycles. The van der Waals surface area contributed by atoms with Crippen LogP contribution in [0.5, 0.6) is 17.2 Å². The van der Waals surface area contributed by atoms with E-state index in [4.69, 9.17) is 14.2 Å². The fourth-order valence-electron chi connectivity index (χ4n) is 2.48. The van der Waals surface area contributed by atoms with Crippen molar-refractivity contribution in [3.8, 4) is 17.2 Å². The third-order valence-corrected chi connectivity index (χ3v) is 4.00. The van der Waals surface area contributed by atoms with E-state index in [1.165, 1.54) is 0 Å². The molecule has 0 aliphatic heterocycles. The summed E-state index contributed by atoms with van der Waals surface area (Å²) in [4.78, 5) is 8.69. The van der Waals surface area contributed by atoms with E-state index in [-0.39, 0.29) is 0 Å². The van der Waals surface area contributed by atoms with Gasteiger partial charge in [-0.25, -0.2) is 4.98 Å². The van der Waals surface area contributed by atoms with Crippen molar-refractivity contribution in [2.75, 3.05) is 38.0 Å². The predicted molar refractivity (Wildman–Crippen MR) is 109 cm³/mol. The number of anilines is 2. The largest absolute Gasteiger partial charge is 0.497 e. The summed E-state index contributed by atoms with van der Waals surface area (Å²) in [7, 11) is 3.30. The van der Waals surface area contributed by atoms with Gasteiger partial charge in [-0.1, -0.05) is 12.1 Å². The van der Waals surface area contributed by atoms with Gasteiger partial charge in [-0.15, -0.1) is 0 Å². The molecule has 1 heterocycles. The van der Waals surface area contributed by atoms with Crippen molar-refractivity contribution in [2.24, 2.45) is 0 Å². The van der Waals surface area contributed by atoms with Gasteiger partial charge in [-0.3, -0.25) is 0 Å². The molecule has 1 aromatic heterocycles. The topological polar surface area (TPSA) is 77.5 Å². The lowest BCUT2D eigenvalue weighted by Crippen LogP contribution is -2.14. The fourth-order valence-corrected chi connectivity index (χ4v) is 2.48. The SMILES string of the molecule is COc1ccc(CNc2ccnc(NCCOc3ccc(OC)cc3)n2)cc1. The van der Waals surface area contributed by atoms with Crippen LogP contribution in [-0.4, -0.2) is 37.3 Å². The van der Waals surface area contributed by atoms with Crippen LogP contribution in [0, 0.1) is 0 Å². The van der Waals surface area contributed by atoms with Crippen molar-refractivity contribution in [1.82, 2.24) is 9.97 Å². The molecule has 0 radical (unpaired) electrons. The highest BCUT2D eigenvalue weighted by Gasteiger charge is 2.01. The van der Waals surface area contributed by atoms with Gasteiger partial charge in [0, 0.05) is 12.7 Å². The average molecular weight is 380 g/mol. The summed E-state index contributed by atoms with van der Waals surface area (Å²) in [5, 5.41) is 6.45. The molecule has 0 aliphatic carbocycles.